The maximum Gasteiger partial charge on any atom is 0.139 e. The van der Waals surface area contributed by atoms with E-state index in [1.165, 1.54) is 12.2 Å². The highest BCUT2D eigenvalue weighted by Gasteiger charge is 2.34. The Morgan fingerprint density at radius 2 is 0.969 bits per heavy atom. The molecular formula is C24H30O8. The molecule has 0 amide bonds. The van der Waals surface area contributed by atoms with E-state index in [9.17, 15) is 30.6 Å². The Morgan fingerprint density at radius 1 is 0.656 bits per heavy atom. The van der Waals surface area contributed by atoms with Crippen LogP contribution in [-0.4, -0.2) is 68.3 Å². The van der Waals surface area contributed by atoms with Gasteiger partial charge in [0.25, 0.3) is 0 Å². The fourth-order valence-corrected chi connectivity index (χ4v) is 2.89. The Kier molecular flexibility index (Phi) is 9.55. The van der Waals surface area contributed by atoms with E-state index < -0.39 is 35.9 Å². The molecule has 0 radical (unpaired) electrons. The van der Waals surface area contributed by atoms with E-state index in [1.54, 1.807) is 48.5 Å². The predicted molar refractivity (Wildman–Crippen MR) is 120 cm³/mol. The minimum atomic E-state index is -1.97. The fraction of sp³-hybridized carbons (Fsp3) is 0.333. The minimum Gasteiger partial charge on any atom is -0.509 e. The first kappa shape index (κ1) is 25.2. The first-order valence-corrected chi connectivity index (χ1v) is 10.3. The molecule has 32 heavy (non-hydrogen) atoms. The third-order valence-corrected chi connectivity index (χ3v) is 4.61. The Morgan fingerprint density at radius 3 is 1.25 bits per heavy atom. The monoisotopic (exact) mass is 446 g/mol. The molecule has 2 rings (SSSR count). The summed E-state index contributed by atoms with van der Waals surface area (Å²) in [5, 5.41) is 61.0. The van der Waals surface area contributed by atoms with Gasteiger partial charge in [-0.1, -0.05) is 24.3 Å². The first-order chi connectivity index (χ1) is 15.3. The van der Waals surface area contributed by atoms with Crippen LogP contribution in [0.4, 0.5) is 0 Å². The van der Waals surface area contributed by atoms with Crippen LogP contribution in [0.3, 0.4) is 0 Å². The van der Waals surface area contributed by atoms with E-state index in [0.717, 1.165) is 0 Å². The van der Waals surface area contributed by atoms with Gasteiger partial charge in [-0.3, -0.25) is 0 Å². The molecule has 8 nitrogen and oxygen atoms in total. The second-order valence-electron chi connectivity index (χ2n) is 7.01. The number of rotatable bonds is 11. The van der Waals surface area contributed by atoms with Gasteiger partial charge in [-0.25, -0.2) is 0 Å². The average Bonchev–Trinajstić information content (AvgIpc) is 2.80. The lowest BCUT2D eigenvalue weighted by molar-refractivity contribution is -0.0996. The van der Waals surface area contributed by atoms with Crippen LogP contribution >= 0.6 is 0 Å². The van der Waals surface area contributed by atoms with Crippen molar-refractivity contribution in [2.75, 3.05) is 13.2 Å². The van der Waals surface area contributed by atoms with Crippen molar-refractivity contribution >= 4 is 12.2 Å². The third-order valence-electron chi connectivity index (χ3n) is 4.61. The number of ether oxygens (including phenoxy) is 2. The highest BCUT2D eigenvalue weighted by atomic mass is 16.5. The molecule has 0 heterocycles. The lowest BCUT2D eigenvalue weighted by Gasteiger charge is -2.26. The SMILES string of the molecule is CCOc1ccc(C=C(O)[C@@H](O)[C@@H](O)[C@H](O)[C@@H](O)C(O)=Cc2ccc(OCC)cc2)cc1. The molecule has 6 N–H and O–H groups in total. The maximum atomic E-state index is 10.2. The molecule has 2 aromatic rings. The topological polar surface area (TPSA) is 140 Å². The molecule has 0 saturated carbocycles. The fourth-order valence-electron chi connectivity index (χ4n) is 2.89. The average molecular weight is 446 g/mol. The molecule has 0 saturated heterocycles. The molecule has 0 fully saturated rings. The number of benzene rings is 2. The molecule has 0 aliphatic carbocycles. The van der Waals surface area contributed by atoms with Crippen LogP contribution in [0, 0.1) is 0 Å². The summed E-state index contributed by atoms with van der Waals surface area (Å²) in [6.07, 6.45) is -5.33. The maximum absolute atomic E-state index is 10.2. The summed E-state index contributed by atoms with van der Waals surface area (Å²) < 4.78 is 10.6. The molecule has 0 bridgehead atoms. The molecule has 174 valence electrons. The van der Waals surface area contributed by atoms with Crippen molar-refractivity contribution < 1.29 is 40.1 Å². The van der Waals surface area contributed by atoms with Crippen molar-refractivity contribution in [1.29, 1.82) is 0 Å². The zero-order valence-corrected chi connectivity index (χ0v) is 18.0. The van der Waals surface area contributed by atoms with Crippen molar-refractivity contribution in [1.82, 2.24) is 0 Å². The van der Waals surface area contributed by atoms with E-state index in [4.69, 9.17) is 9.47 Å². The summed E-state index contributed by atoms with van der Waals surface area (Å²) in [5.74, 6) is 0.0295. The molecule has 0 aliphatic rings. The predicted octanol–water partition coefficient (Wildman–Crippen LogP) is 2.43. The van der Waals surface area contributed by atoms with Crippen molar-refractivity contribution in [2.45, 2.75) is 38.3 Å². The Balaban J connectivity index is 2.05. The van der Waals surface area contributed by atoms with Gasteiger partial charge in [0.05, 0.1) is 13.2 Å². The standard InChI is InChI=1S/C24H30O8/c1-3-31-17-9-5-15(6-10-17)13-19(25)21(27)23(29)24(30)22(28)20(26)14-16-7-11-18(12-8-16)32-4-2/h5-14,21-30H,3-4H2,1-2H3/t21-,22+,23-,24-/m1/s1. The molecule has 0 aliphatic heterocycles. The van der Waals surface area contributed by atoms with E-state index >= 15 is 0 Å². The number of aliphatic hydroxyl groups excluding tert-OH is 6. The van der Waals surface area contributed by atoms with Crippen LogP contribution in [0.1, 0.15) is 25.0 Å². The van der Waals surface area contributed by atoms with Crippen LogP contribution < -0.4 is 9.47 Å². The molecular weight excluding hydrogens is 416 g/mol. The Hall–Kier alpha value is -3.04. The van der Waals surface area contributed by atoms with Crippen LogP contribution in [0.25, 0.3) is 12.2 Å². The Labute approximate surface area is 186 Å². The van der Waals surface area contributed by atoms with E-state index in [0.29, 0.717) is 35.8 Å². The lowest BCUT2D eigenvalue weighted by Crippen LogP contribution is -2.45. The van der Waals surface area contributed by atoms with Gasteiger partial charge in [-0.15, -0.1) is 0 Å². The number of hydrogen-bond donors (Lipinski definition) is 6. The molecule has 2 aromatic carbocycles. The van der Waals surface area contributed by atoms with Gasteiger partial charge in [0.2, 0.25) is 0 Å². The van der Waals surface area contributed by atoms with Crippen LogP contribution in [0.2, 0.25) is 0 Å². The largest absolute Gasteiger partial charge is 0.509 e. The highest BCUT2D eigenvalue weighted by Crippen LogP contribution is 2.20. The van der Waals surface area contributed by atoms with E-state index in [-0.39, 0.29) is 0 Å². The molecule has 8 heteroatoms. The van der Waals surface area contributed by atoms with Crippen LogP contribution in [0.5, 0.6) is 11.5 Å². The van der Waals surface area contributed by atoms with Gasteiger partial charge in [0, 0.05) is 0 Å². The smallest absolute Gasteiger partial charge is 0.139 e. The van der Waals surface area contributed by atoms with Gasteiger partial charge in [-0.2, -0.15) is 0 Å². The molecule has 0 spiro atoms. The normalized spacial score (nSPS) is 16.2. The van der Waals surface area contributed by atoms with Gasteiger partial charge in [-0.05, 0) is 61.4 Å². The highest BCUT2D eigenvalue weighted by molar-refractivity contribution is 5.54. The second-order valence-corrected chi connectivity index (χ2v) is 7.01. The summed E-state index contributed by atoms with van der Waals surface area (Å²) in [6, 6.07) is 13.2. The lowest BCUT2D eigenvalue weighted by atomic mass is 9.98. The zero-order valence-electron chi connectivity index (χ0n) is 18.0. The van der Waals surface area contributed by atoms with Crippen LogP contribution in [0.15, 0.2) is 60.0 Å². The minimum absolute atomic E-state index is 0.505. The number of aliphatic hydroxyl groups is 6. The summed E-state index contributed by atoms with van der Waals surface area (Å²) in [4.78, 5) is 0. The third kappa shape index (κ3) is 7.00. The summed E-state index contributed by atoms with van der Waals surface area (Å²) in [6.45, 7) is 4.71. The van der Waals surface area contributed by atoms with Crippen molar-refractivity contribution in [3.63, 3.8) is 0 Å². The van der Waals surface area contributed by atoms with Gasteiger partial charge in [0.1, 0.15) is 47.4 Å². The van der Waals surface area contributed by atoms with Gasteiger partial charge in [0.15, 0.2) is 0 Å². The van der Waals surface area contributed by atoms with Gasteiger partial charge >= 0.3 is 0 Å². The molecule has 0 aromatic heterocycles. The van der Waals surface area contributed by atoms with Gasteiger partial charge < -0.3 is 40.1 Å². The summed E-state index contributed by atoms with van der Waals surface area (Å²) in [5.41, 5.74) is 1.04. The molecule has 4 atom stereocenters. The van der Waals surface area contributed by atoms with Crippen molar-refractivity contribution in [3.8, 4) is 11.5 Å². The Bertz CT molecular complexity index is 814. The molecule has 0 unspecified atom stereocenters. The zero-order chi connectivity index (χ0) is 23.7. The quantitative estimate of drug-likeness (QED) is 0.289. The summed E-state index contributed by atoms with van der Waals surface area (Å²) >= 11 is 0. The van der Waals surface area contributed by atoms with Crippen molar-refractivity contribution in [3.05, 3.63) is 71.2 Å². The first-order valence-electron chi connectivity index (χ1n) is 10.3. The van der Waals surface area contributed by atoms with Crippen molar-refractivity contribution in [2.24, 2.45) is 0 Å². The van der Waals surface area contributed by atoms with E-state index in [2.05, 4.69) is 0 Å². The summed E-state index contributed by atoms with van der Waals surface area (Å²) in [7, 11) is 0. The number of hydrogen-bond acceptors (Lipinski definition) is 8. The second kappa shape index (κ2) is 12.1. The van der Waals surface area contributed by atoms with Crippen LogP contribution in [-0.2, 0) is 0 Å². The van der Waals surface area contributed by atoms with E-state index in [1.807, 2.05) is 13.8 Å².